The van der Waals surface area contributed by atoms with E-state index in [-0.39, 0.29) is 5.41 Å². The summed E-state index contributed by atoms with van der Waals surface area (Å²) in [4.78, 5) is 16.2. The van der Waals surface area contributed by atoms with Gasteiger partial charge in [-0.3, -0.25) is 10.2 Å². The molecular formula is C25H34N4O. The number of hydrogen-bond acceptors (Lipinski definition) is 3. The van der Waals surface area contributed by atoms with Crippen LogP contribution < -0.4 is 5.62 Å². The Morgan fingerprint density at radius 2 is 1.47 bits per heavy atom. The van der Waals surface area contributed by atoms with Crippen molar-refractivity contribution in [2.75, 3.05) is 19.6 Å². The van der Waals surface area contributed by atoms with E-state index in [0.29, 0.717) is 17.9 Å². The molecule has 1 aromatic carbocycles. The second-order valence-corrected chi connectivity index (χ2v) is 10.7. The molecule has 0 atom stereocenters. The molecule has 5 heteroatoms. The van der Waals surface area contributed by atoms with Crippen LogP contribution in [0, 0.1) is 28.6 Å². The zero-order chi connectivity index (χ0) is 20.3. The minimum absolute atomic E-state index is 0.0903. The van der Waals surface area contributed by atoms with Crippen LogP contribution in [0.25, 0.3) is 11.0 Å². The van der Waals surface area contributed by atoms with Gasteiger partial charge in [-0.1, -0.05) is 12.1 Å². The van der Waals surface area contributed by atoms with E-state index in [4.69, 9.17) is 5.41 Å². The van der Waals surface area contributed by atoms with Crippen LogP contribution in [0.15, 0.2) is 24.3 Å². The first kappa shape index (κ1) is 18.9. The number of Topliss-reactive ketones (excluding diaryl/α,β-unsaturated/α-hetero) is 1. The highest BCUT2D eigenvalue weighted by atomic mass is 16.1. The van der Waals surface area contributed by atoms with Gasteiger partial charge >= 0.3 is 0 Å². The van der Waals surface area contributed by atoms with E-state index in [1.165, 1.54) is 45.2 Å². The molecule has 1 aliphatic heterocycles. The fourth-order valence-corrected chi connectivity index (χ4v) is 7.69. The molecule has 1 saturated heterocycles. The first-order valence-electron chi connectivity index (χ1n) is 12.1. The van der Waals surface area contributed by atoms with Crippen LogP contribution in [-0.4, -0.2) is 39.5 Å². The van der Waals surface area contributed by atoms with Gasteiger partial charge in [-0.05, 0) is 94.3 Å². The maximum atomic E-state index is 13.7. The Balaban J connectivity index is 1.30. The van der Waals surface area contributed by atoms with Gasteiger partial charge in [0.1, 0.15) is 0 Å². The van der Waals surface area contributed by atoms with Crippen molar-refractivity contribution in [1.82, 2.24) is 14.0 Å². The number of ketones is 1. The second-order valence-electron chi connectivity index (χ2n) is 10.7. The maximum absolute atomic E-state index is 13.7. The Hall–Kier alpha value is -1.88. The van der Waals surface area contributed by atoms with E-state index in [1.54, 1.807) is 0 Å². The summed E-state index contributed by atoms with van der Waals surface area (Å²) >= 11 is 0. The first-order chi connectivity index (χ1) is 14.6. The highest BCUT2D eigenvalue weighted by molar-refractivity contribution is 5.87. The Morgan fingerprint density at radius 3 is 2.07 bits per heavy atom. The molecule has 0 radical (unpaired) electrons. The number of benzene rings is 1. The largest absolute Gasteiger partial charge is 0.309 e. The van der Waals surface area contributed by atoms with E-state index in [2.05, 4.69) is 27.7 Å². The topological polar surface area (TPSA) is 54.0 Å². The van der Waals surface area contributed by atoms with Crippen molar-refractivity contribution in [2.45, 2.75) is 64.5 Å². The Kier molecular flexibility index (Phi) is 4.45. The van der Waals surface area contributed by atoms with E-state index in [1.807, 2.05) is 10.6 Å². The van der Waals surface area contributed by atoms with Crippen LogP contribution >= 0.6 is 0 Å². The lowest BCUT2D eigenvalue weighted by Gasteiger charge is -2.56. The molecule has 4 saturated carbocycles. The number of hydrogen-bond donors (Lipinski definition) is 1. The van der Waals surface area contributed by atoms with Crippen molar-refractivity contribution < 1.29 is 4.79 Å². The summed E-state index contributed by atoms with van der Waals surface area (Å²) in [5, 5.41) is 8.93. The number of carbonyl (C=O) groups is 1. The highest BCUT2D eigenvalue weighted by Crippen LogP contribution is 2.60. The maximum Gasteiger partial charge on any atom is 0.203 e. The van der Waals surface area contributed by atoms with E-state index in [0.717, 1.165) is 61.1 Å². The Morgan fingerprint density at radius 1 is 0.900 bits per heavy atom. The zero-order valence-corrected chi connectivity index (χ0v) is 18.0. The molecule has 7 rings (SSSR count). The normalized spacial score (nSPS) is 33.0. The van der Waals surface area contributed by atoms with Crippen LogP contribution in [0.1, 0.15) is 51.4 Å². The molecule has 4 bridgehead atoms. The predicted octanol–water partition coefficient (Wildman–Crippen LogP) is 3.80. The number of carbonyl (C=O) groups excluding carboxylic acids is 1. The smallest absolute Gasteiger partial charge is 0.203 e. The van der Waals surface area contributed by atoms with Crippen molar-refractivity contribution in [3.63, 3.8) is 0 Å². The van der Waals surface area contributed by atoms with Gasteiger partial charge in [-0.15, -0.1) is 0 Å². The van der Waals surface area contributed by atoms with Gasteiger partial charge in [0, 0.05) is 18.5 Å². The van der Waals surface area contributed by atoms with E-state index in [9.17, 15) is 4.79 Å². The molecule has 5 fully saturated rings. The predicted molar refractivity (Wildman–Crippen MR) is 117 cm³/mol. The number of rotatable bonds is 6. The van der Waals surface area contributed by atoms with Gasteiger partial charge in [0.25, 0.3) is 0 Å². The van der Waals surface area contributed by atoms with E-state index >= 15 is 0 Å². The Bertz CT molecular complexity index is 990. The second kappa shape index (κ2) is 7.08. The van der Waals surface area contributed by atoms with Gasteiger partial charge in [-0.25, -0.2) is 0 Å². The fraction of sp³-hybridized carbons (Fsp3) is 0.680. The molecule has 0 unspecified atom stereocenters. The molecule has 2 aromatic rings. The Labute approximate surface area is 178 Å². The number of nitrogens with one attached hydrogen (secondary N) is 1. The molecule has 30 heavy (non-hydrogen) atoms. The van der Waals surface area contributed by atoms with Crippen molar-refractivity contribution >= 4 is 16.8 Å². The average molecular weight is 407 g/mol. The summed E-state index contributed by atoms with van der Waals surface area (Å²) in [6.07, 6.45) is 9.99. The monoisotopic (exact) mass is 406 g/mol. The third kappa shape index (κ3) is 3.00. The number of imidazole rings is 1. The molecule has 5 nitrogen and oxygen atoms in total. The lowest BCUT2D eigenvalue weighted by atomic mass is 9.48. The summed E-state index contributed by atoms with van der Waals surface area (Å²) in [7, 11) is 0. The number of para-hydroxylation sites is 2. The van der Waals surface area contributed by atoms with E-state index < -0.39 is 0 Å². The average Bonchev–Trinajstić information content (AvgIpc) is 3.33. The summed E-state index contributed by atoms with van der Waals surface area (Å²) in [6, 6.07) is 8.30. The molecule has 0 spiro atoms. The fourth-order valence-electron chi connectivity index (χ4n) is 7.69. The van der Waals surface area contributed by atoms with Gasteiger partial charge in [-0.2, -0.15) is 0 Å². The van der Waals surface area contributed by atoms with Crippen LogP contribution in [0.4, 0.5) is 0 Å². The van der Waals surface area contributed by atoms with Crippen molar-refractivity contribution in [1.29, 1.82) is 5.41 Å². The van der Waals surface area contributed by atoms with Crippen molar-refractivity contribution in [2.24, 2.45) is 23.2 Å². The van der Waals surface area contributed by atoms with Crippen LogP contribution in [0.2, 0.25) is 0 Å². The van der Waals surface area contributed by atoms with Crippen LogP contribution in [0.3, 0.4) is 0 Å². The summed E-state index contributed by atoms with van der Waals surface area (Å²) in [5.74, 6) is 2.75. The minimum Gasteiger partial charge on any atom is -0.309 e. The quantitative estimate of drug-likeness (QED) is 0.793. The number of fused-ring (bicyclic) bond motifs is 1. The molecule has 4 aliphatic carbocycles. The van der Waals surface area contributed by atoms with Gasteiger partial charge in [0.05, 0.1) is 17.6 Å². The van der Waals surface area contributed by atoms with Crippen molar-refractivity contribution in [3.05, 3.63) is 29.9 Å². The standard InChI is InChI=1S/C25H34N4O/c26-24-28(10-9-27-7-3-4-8-27)21-5-1-2-6-22(21)29(24)17-23(30)25-14-18-11-19(15-25)13-20(12-18)16-25/h1-2,5-6,18-20,26H,3-4,7-17H2. The zero-order valence-electron chi connectivity index (χ0n) is 18.0. The highest BCUT2D eigenvalue weighted by Gasteiger charge is 2.54. The summed E-state index contributed by atoms with van der Waals surface area (Å²) < 4.78 is 4.13. The molecule has 2 heterocycles. The molecule has 160 valence electrons. The lowest BCUT2D eigenvalue weighted by molar-refractivity contribution is -0.144. The number of aromatic nitrogens is 2. The van der Waals surface area contributed by atoms with Crippen LogP contribution in [0.5, 0.6) is 0 Å². The SMILES string of the molecule is N=c1n(CCN2CCCC2)c2ccccc2n1CC(=O)C12CC3CC(CC(C3)C1)C2. The van der Waals surface area contributed by atoms with Gasteiger partial charge in [0.15, 0.2) is 5.78 Å². The molecule has 5 aliphatic rings. The minimum atomic E-state index is -0.0903. The molecule has 1 aromatic heterocycles. The third-order valence-electron chi connectivity index (χ3n) is 8.74. The molecular weight excluding hydrogens is 372 g/mol. The third-order valence-corrected chi connectivity index (χ3v) is 8.74. The number of nitrogens with zero attached hydrogens (tertiary/aromatic N) is 3. The summed E-state index contributed by atoms with van der Waals surface area (Å²) in [6.45, 7) is 4.56. The van der Waals surface area contributed by atoms with Gasteiger partial charge < -0.3 is 14.0 Å². The first-order valence-corrected chi connectivity index (χ1v) is 12.1. The van der Waals surface area contributed by atoms with Gasteiger partial charge in [0.2, 0.25) is 5.62 Å². The molecule has 0 amide bonds. The molecule has 1 N–H and O–H groups in total. The summed E-state index contributed by atoms with van der Waals surface area (Å²) in [5.41, 5.74) is 2.54. The number of likely N-dealkylation sites (tertiary alicyclic amines) is 1. The lowest BCUT2D eigenvalue weighted by Crippen LogP contribution is -2.51. The van der Waals surface area contributed by atoms with Crippen LogP contribution in [-0.2, 0) is 17.9 Å². The van der Waals surface area contributed by atoms with Crippen molar-refractivity contribution in [3.8, 4) is 0 Å².